The topological polar surface area (TPSA) is 9.23 Å². The van der Waals surface area contributed by atoms with Gasteiger partial charge in [0.25, 0.3) is 0 Å². The maximum Gasteiger partial charge on any atom is 0.460 e. The molecule has 1 nitrogen and oxygen atoms in total. The molecule has 170 valence electrons. The summed E-state index contributed by atoms with van der Waals surface area (Å²) in [4.78, 5) is 0. The van der Waals surface area contributed by atoms with Crippen LogP contribution in [0.2, 0.25) is 0 Å². The number of halogens is 15. The van der Waals surface area contributed by atoms with Crippen molar-refractivity contribution in [2.75, 3.05) is 6.61 Å². The second-order valence-electron chi connectivity index (χ2n) is 5.32. The van der Waals surface area contributed by atoms with Crippen LogP contribution in [0.5, 0.6) is 5.75 Å². The highest BCUT2D eigenvalue weighted by atomic mass is 32.1. The number of rotatable bonds is 8. The maximum atomic E-state index is 13.4. The first-order valence-electron chi connectivity index (χ1n) is 6.56. The Bertz CT molecular complexity index is 691. The van der Waals surface area contributed by atoms with Crippen molar-refractivity contribution in [1.29, 1.82) is 0 Å². The molecule has 0 N–H and O–H groups in total. The quantitative estimate of drug-likeness (QED) is 0.385. The number of ether oxygens (including phenoxy) is 1. The molecule has 0 bridgehead atoms. The first kappa shape index (κ1) is 25.5. The fraction of sp³-hybridized carbons (Fsp3) is 0.667. The fourth-order valence-corrected chi connectivity index (χ4v) is 2.17. The van der Waals surface area contributed by atoms with E-state index in [9.17, 15) is 65.9 Å². The molecule has 0 spiro atoms. The minimum absolute atomic E-state index is 0.672. The van der Waals surface area contributed by atoms with Crippen LogP contribution < -0.4 is 4.74 Å². The minimum atomic E-state index is -8.28. The van der Waals surface area contributed by atoms with Gasteiger partial charge in [0.2, 0.25) is 0 Å². The number of hydrogen-bond acceptors (Lipinski definition) is 2. The first-order valence-corrected chi connectivity index (χ1v) is 7.51. The van der Waals surface area contributed by atoms with E-state index in [0.717, 1.165) is 16.8 Å². The minimum Gasteiger partial charge on any atom is -0.486 e. The number of alkyl halides is 15. The van der Waals surface area contributed by atoms with Crippen LogP contribution in [-0.2, 0) is 0 Å². The molecular formula is C12H5F15OS. The molecular weight excluding hydrogens is 477 g/mol. The van der Waals surface area contributed by atoms with Crippen LogP contribution in [-0.4, -0.2) is 48.3 Å². The molecule has 1 rings (SSSR count). The standard InChI is InChI=1S/C12H5F15OS/c13-6(14,4-28-5-1-2-29-3-5)7(15,16)8(17,18)9(19,20)10(21,22)11(23,24)12(25,26)27/h1-3H,4H2. The van der Waals surface area contributed by atoms with Crippen LogP contribution >= 0.6 is 11.3 Å². The van der Waals surface area contributed by atoms with Gasteiger partial charge in [0, 0.05) is 5.38 Å². The van der Waals surface area contributed by atoms with Crippen LogP contribution in [0.15, 0.2) is 16.8 Å². The smallest absolute Gasteiger partial charge is 0.460 e. The molecule has 0 saturated carbocycles. The summed E-state index contributed by atoms with van der Waals surface area (Å²) in [5.41, 5.74) is 0. The average molecular weight is 482 g/mol. The zero-order chi connectivity index (χ0) is 23.3. The zero-order valence-corrected chi connectivity index (χ0v) is 13.7. The Hall–Kier alpha value is -1.55. The molecule has 29 heavy (non-hydrogen) atoms. The third kappa shape index (κ3) is 3.69. The number of hydrogen-bond donors (Lipinski definition) is 0. The van der Waals surface area contributed by atoms with Crippen LogP contribution in [0, 0.1) is 0 Å². The third-order valence-electron chi connectivity index (χ3n) is 3.31. The largest absolute Gasteiger partial charge is 0.486 e. The lowest BCUT2D eigenvalue weighted by atomic mass is 9.91. The molecule has 1 aromatic rings. The SMILES string of the molecule is FC(F)(F)C(F)(F)C(F)(F)C(F)(F)C(F)(F)C(F)(F)C(F)(F)COc1ccsc1. The third-order valence-corrected chi connectivity index (χ3v) is 3.97. The lowest BCUT2D eigenvalue weighted by Crippen LogP contribution is -2.73. The zero-order valence-electron chi connectivity index (χ0n) is 12.9. The van der Waals surface area contributed by atoms with E-state index in [2.05, 4.69) is 4.74 Å². The van der Waals surface area contributed by atoms with E-state index in [1.54, 1.807) is 0 Å². The molecule has 0 unspecified atom stereocenters. The molecule has 0 aromatic carbocycles. The lowest BCUT2D eigenvalue weighted by molar-refractivity contribution is -0.453. The highest BCUT2D eigenvalue weighted by Crippen LogP contribution is 2.62. The van der Waals surface area contributed by atoms with Gasteiger partial charge >= 0.3 is 41.7 Å². The predicted molar refractivity (Wildman–Crippen MR) is 65.6 cm³/mol. The Morgan fingerprint density at radius 1 is 0.621 bits per heavy atom. The van der Waals surface area contributed by atoms with E-state index >= 15 is 0 Å². The maximum absolute atomic E-state index is 13.4. The molecule has 0 aliphatic carbocycles. The molecule has 1 aromatic heterocycles. The first-order chi connectivity index (χ1) is 12.6. The summed E-state index contributed by atoms with van der Waals surface area (Å²) in [7, 11) is 0. The van der Waals surface area contributed by atoms with Gasteiger partial charge in [-0.05, 0) is 11.4 Å². The van der Waals surface area contributed by atoms with Gasteiger partial charge in [-0.25, -0.2) is 0 Å². The van der Waals surface area contributed by atoms with E-state index in [1.165, 1.54) is 0 Å². The summed E-state index contributed by atoms with van der Waals surface area (Å²) in [5.74, 6) is -47.2. The van der Waals surface area contributed by atoms with Gasteiger partial charge in [-0.1, -0.05) is 0 Å². The van der Waals surface area contributed by atoms with Gasteiger partial charge in [0.05, 0.1) is 0 Å². The van der Waals surface area contributed by atoms with Crippen molar-refractivity contribution in [3.8, 4) is 5.75 Å². The summed E-state index contributed by atoms with van der Waals surface area (Å²) in [6, 6.07) is 0.809. The highest BCUT2D eigenvalue weighted by Gasteiger charge is 2.93. The summed E-state index contributed by atoms with van der Waals surface area (Å²) >= 11 is 0.701. The fourth-order valence-electron chi connectivity index (χ4n) is 1.60. The molecule has 0 amide bonds. The Morgan fingerprint density at radius 3 is 1.41 bits per heavy atom. The summed E-state index contributed by atoms with van der Waals surface area (Å²) in [6.45, 7) is -2.83. The Balaban J connectivity index is 3.37. The monoisotopic (exact) mass is 482 g/mol. The molecule has 0 aliphatic heterocycles. The van der Waals surface area contributed by atoms with E-state index < -0.39 is 54.1 Å². The van der Waals surface area contributed by atoms with E-state index in [-0.39, 0.29) is 0 Å². The van der Waals surface area contributed by atoms with Crippen LogP contribution in [0.1, 0.15) is 0 Å². The van der Waals surface area contributed by atoms with Crippen molar-refractivity contribution >= 4 is 11.3 Å². The van der Waals surface area contributed by atoms with E-state index in [4.69, 9.17) is 0 Å². The molecule has 1 heterocycles. The van der Waals surface area contributed by atoms with Gasteiger partial charge in [-0.15, -0.1) is 11.3 Å². The normalized spacial score (nSPS) is 15.6. The summed E-state index contributed by atoms with van der Waals surface area (Å²) < 4.78 is 197. The van der Waals surface area contributed by atoms with Crippen molar-refractivity contribution < 1.29 is 70.6 Å². The van der Waals surface area contributed by atoms with E-state index in [0.29, 0.717) is 11.3 Å². The molecule has 0 saturated heterocycles. The van der Waals surface area contributed by atoms with Crippen LogP contribution in [0.3, 0.4) is 0 Å². The van der Waals surface area contributed by atoms with Gasteiger partial charge in [-0.2, -0.15) is 65.9 Å². The van der Waals surface area contributed by atoms with Crippen molar-refractivity contribution in [3.63, 3.8) is 0 Å². The predicted octanol–water partition coefficient (Wildman–Crippen LogP) is 6.50. The van der Waals surface area contributed by atoms with Crippen molar-refractivity contribution in [3.05, 3.63) is 16.8 Å². The van der Waals surface area contributed by atoms with Crippen molar-refractivity contribution in [1.82, 2.24) is 0 Å². The van der Waals surface area contributed by atoms with Crippen LogP contribution in [0.4, 0.5) is 65.9 Å². The number of thiophene rings is 1. The van der Waals surface area contributed by atoms with Crippen molar-refractivity contribution in [2.24, 2.45) is 0 Å². The van der Waals surface area contributed by atoms with Gasteiger partial charge in [0.15, 0.2) is 6.61 Å². The molecule has 0 aliphatic rings. The van der Waals surface area contributed by atoms with E-state index in [1.807, 2.05) is 0 Å². The second-order valence-corrected chi connectivity index (χ2v) is 6.10. The van der Waals surface area contributed by atoms with Gasteiger partial charge < -0.3 is 4.74 Å². The highest BCUT2D eigenvalue weighted by molar-refractivity contribution is 7.08. The van der Waals surface area contributed by atoms with Crippen molar-refractivity contribution in [2.45, 2.75) is 41.7 Å². The Kier molecular flexibility index (Phi) is 6.16. The summed E-state index contributed by atoms with van der Waals surface area (Å²) in [5, 5.41) is 1.92. The molecule has 0 fully saturated rings. The molecule has 0 radical (unpaired) electrons. The lowest BCUT2D eigenvalue weighted by Gasteiger charge is -2.41. The second kappa shape index (κ2) is 7.01. The Labute approximate surface area is 154 Å². The Morgan fingerprint density at radius 2 is 1.03 bits per heavy atom. The average Bonchev–Trinajstić information content (AvgIpc) is 3.04. The molecule has 17 heteroatoms. The van der Waals surface area contributed by atoms with Gasteiger partial charge in [-0.3, -0.25) is 0 Å². The summed E-state index contributed by atoms with van der Waals surface area (Å²) in [6.07, 6.45) is -7.62. The van der Waals surface area contributed by atoms with Crippen LogP contribution in [0.25, 0.3) is 0 Å². The molecule has 0 atom stereocenters. The van der Waals surface area contributed by atoms with Gasteiger partial charge in [0.1, 0.15) is 5.75 Å².